The fourth-order valence-electron chi connectivity index (χ4n) is 3.17. The quantitative estimate of drug-likeness (QED) is 0.427. The van der Waals surface area contributed by atoms with Crippen LogP contribution in [0.4, 0.5) is 15.8 Å². The molecule has 0 aliphatic carbocycles. The van der Waals surface area contributed by atoms with E-state index in [2.05, 4.69) is 15.6 Å². The minimum absolute atomic E-state index is 0.260. The first-order chi connectivity index (χ1) is 17.4. The predicted molar refractivity (Wildman–Crippen MR) is 137 cm³/mol. The molecule has 0 saturated carbocycles. The second-order valence-corrected chi connectivity index (χ2v) is 8.46. The third kappa shape index (κ3) is 6.42. The van der Waals surface area contributed by atoms with Gasteiger partial charge < -0.3 is 24.8 Å². The third-order valence-electron chi connectivity index (χ3n) is 4.93. The number of hydrogen-bond donors (Lipinski definition) is 2. The van der Waals surface area contributed by atoms with E-state index in [-0.39, 0.29) is 12.5 Å². The molecule has 3 aromatic carbocycles. The van der Waals surface area contributed by atoms with Crippen molar-refractivity contribution in [2.75, 3.05) is 26.1 Å². The first-order valence-corrected chi connectivity index (χ1v) is 11.5. The topological polar surface area (TPSA) is 98.3 Å². The summed E-state index contributed by atoms with van der Waals surface area (Å²) in [5, 5.41) is 5.84. The van der Waals surface area contributed by atoms with Crippen LogP contribution >= 0.6 is 11.8 Å². The van der Waals surface area contributed by atoms with Crippen LogP contribution in [0.1, 0.15) is 5.56 Å². The number of nitrogens with zero attached hydrogens (tertiary/aromatic N) is 1. The predicted octanol–water partition coefficient (Wildman–Crippen LogP) is 4.75. The van der Waals surface area contributed by atoms with E-state index in [1.165, 1.54) is 43.1 Å². The van der Waals surface area contributed by atoms with Gasteiger partial charge in [0, 0.05) is 5.69 Å². The molecule has 3 aromatic rings. The SMILES string of the molecule is COc1ccc(N=C2NC(=O)/C(=C\c3ccc(OCC(=O)Nc4ccc(F)cc4)c(OC)c3)S2)cc1. The minimum atomic E-state index is -0.405. The lowest BCUT2D eigenvalue weighted by Gasteiger charge is -2.11. The van der Waals surface area contributed by atoms with Crippen LogP contribution in [0.25, 0.3) is 6.08 Å². The first-order valence-electron chi connectivity index (χ1n) is 10.7. The molecule has 36 heavy (non-hydrogen) atoms. The normalized spacial score (nSPS) is 15.0. The number of benzene rings is 3. The fraction of sp³-hybridized carbons (Fsp3) is 0.115. The summed E-state index contributed by atoms with van der Waals surface area (Å²) in [7, 11) is 3.07. The zero-order valence-electron chi connectivity index (χ0n) is 19.4. The molecule has 2 N–H and O–H groups in total. The van der Waals surface area contributed by atoms with Gasteiger partial charge in [-0.15, -0.1) is 0 Å². The van der Waals surface area contributed by atoms with Gasteiger partial charge in [-0.05, 0) is 84.1 Å². The molecule has 1 fully saturated rings. The highest BCUT2D eigenvalue weighted by Gasteiger charge is 2.24. The second kappa shape index (κ2) is 11.4. The monoisotopic (exact) mass is 507 g/mol. The zero-order chi connectivity index (χ0) is 25.5. The number of amidine groups is 1. The molecular weight excluding hydrogens is 485 g/mol. The maximum absolute atomic E-state index is 13.0. The van der Waals surface area contributed by atoms with Crippen molar-refractivity contribution in [2.45, 2.75) is 0 Å². The van der Waals surface area contributed by atoms with Crippen molar-refractivity contribution in [1.29, 1.82) is 0 Å². The number of hydrogen-bond acceptors (Lipinski definition) is 7. The lowest BCUT2D eigenvalue weighted by molar-refractivity contribution is -0.118. The summed E-state index contributed by atoms with van der Waals surface area (Å²) in [5.41, 5.74) is 1.85. The molecule has 0 radical (unpaired) electrons. The van der Waals surface area contributed by atoms with Gasteiger partial charge in [0.2, 0.25) is 0 Å². The summed E-state index contributed by atoms with van der Waals surface area (Å²) in [6, 6.07) is 17.7. The highest BCUT2D eigenvalue weighted by atomic mass is 32.2. The number of amides is 2. The van der Waals surface area contributed by atoms with Crippen LogP contribution in [-0.4, -0.2) is 37.8 Å². The van der Waals surface area contributed by atoms with Crippen molar-refractivity contribution in [1.82, 2.24) is 5.32 Å². The summed E-state index contributed by atoms with van der Waals surface area (Å²) in [6.45, 7) is -0.266. The van der Waals surface area contributed by atoms with Gasteiger partial charge in [-0.25, -0.2) is 9.38 Å². The number of thioether (sulfide) groups is 1. The number of carbonyl (C=O) groups is 2. The number of halogens is 1. The van der Waals surface area contributed by atoms with Gasteiger partial charge in [0.25, 0.3) is 11.8 Å². The second-order valence-electron chi connectivity index (χ2n) is 7.43. The molecule has 10 heteroatoms. The van der Waals surface area contributed by atoms with Gasteiger partial charge in [-0.3, -0.25) is 9.59 Å². The Morgan fingerprint density at radius 3 is 2.47 bits per heavy atom. The Kier molecular flexibility index (Phi) is 7.86. The molecule has 0 unspecified atom stereocenters. The summed E-state index contributed by atoms with van der Waals surface area (Å²) >= 11 is 1.22. The Balaban J connectivity index is 1.40. The Labute approximate surface area is 211 Å². The standard InChI is InChI=1S/C26H22FN3O5S/c1-33-20-10-8-19(9-11-20)29-26-30-25(32)23(36-26)14-16-3-12-21(22(13-16)34-2)35-15-24(31)28-18-6-4-17(27)5-7-18/h3-14H,15H2,1-2H3,(H,28,31)(H,29,30,32)/b23-14+. The lowest BCUT2D eigenvalue weighted by atomic mass is 10.2. The summed E-state index contributed by atoms with van der Waals surface area (Å²) in [5.74, 6) is 0.422. The van der Waals surface area contributed by atoms with Crippen molar-refractivity contribution in [2.24, 2.45) is 4.99 Å². The molecule has 0 spiro atoms. The zero-order valence-corrected chi connectivity index (χ0v) is 20.2. The average molecular weight is 508 g/mol. The van der Waals surface area contributed by atoms with E-state index in [1.54, 1.807) is 55.7 Å². The Morgan fingerprint density at radius 1 is 1.03 bits per heavy atom. The number of anilines is 1. The van der Waals surface area contributed by atoms with Crippen LogP contribution in [0.3, 0.4) is 0 Å². The largest absolute Gasteiger partial charge is 0.497 e. The van der Waals surface area contributed by atoms with E-state index in [4.69, 9.17) is 14.2 Å². The Bertz CT molecular complexity index is 1320. The van der Waals surface area contributed by atoms with Gasteiger partial charge in [-0.2, -0.15) is 0 Å². The maximum atomic E-state index is 13.0. The number of aliphatic imine (C=N–C) groups is 1. The van der Waals surface area contributed by atoms with Crippen molar-refractivity contribution >= 4 is 46.2 Å². The van der Waals surface area contributed by atoms with Crippen molar-refractivity contribution < 1.29 is 28.2 Å². The van der Waals surface area contributed by atoms with E-state index in [0.29, 0.717) is 38.5 Å². The molecule has 1 heterocycles. The Morgan fingerprint density at radius 2 is 1.78 bits per heavy atom. The molecule has 8 nitrogen and oxygen atoms in total. The number of rotatable bonds is 8. The van der Waals surface area contributed by atoms with Crippen LogP contribution in [-0.2, 0) is 9.59 Å². The molecule has 1 aliphatic rings. The van der Waals surface area contributed by atoms with Crippen molar-refractivity contribution in [3.05, 3.63) is 83.0 Å². The fourth-order valence-corrected chi connectivity index (χ4v) is 4.01. The third-order valence-corrected chi connectivity index (χ3v) is 5.84. The van der Waals surface area contributed by atoms with Crippen LogP contribution in [0.15, 0.2) is 76.6 Å². The average Bonchev–Trinajstić information content (AvgIpc) is 3.23. The highest BCUT2D eigenvalue weighted by molar-refractivity contribution is 8.18. The molecule has 1 aliphatic heterocycles. The number of ether oxygens (including phenoxy) is 3. The van der Waals surface area contributed by atoms with E-state index in [9.17, 15) is 14.0 Å². The van der Waals surface area contributed by atoms with E-state index >= 15 is 0 Å². The van der Waals surface area contributed by atoms with Gasteiger partial charge >= 0.3 is 0 Å². The Hall–Kier alpha value is -4.31. The van der Waals surface area contributed by atoms with Crippen LogP contribution in [0.2, 0.25) is 0 Å². The van der Waals surface area contributed by atoms with Gasteiger partial charge in [-0.1, -0.05) is 6.07 Å². The van der Waals surface area contributed by atoms with Crippen LogP contribution in [0, 0.1) is 5.82 Å². The van der Waals surface area contributed by atoms with Gasteiger partial charge in [0.05, 0.1) is 24.8 Å². The van der Waals surface area contributed by atoms with Gasteiger partial charge in [0.1, 0.15) is 11.6 Å². The number of nitrogens with one attached hydrogen (secondary N) is 2. The minimum Gasteiger partial charge on any atom is -0.497 e. The first kappa shape index (κ1) is 24.8. The molecule has 0 aromatic heterocycles. The molecule has 0 atom stereocenters. The van der Waals surface area contributed by atoms with E-state index < -0.39 is 11.7 Å². The van der Waals surface area contributed by atoms with Crippen molar-refractivity contribution in [3.63, 3.8) is 0 Å². The molecule has 184 valence electrons. The van der Waals surface area contributed by atoms with Crippen LogP contribution in [0.5, 0.6) is 17.2 Å². The van der Waals surface area contributed by atoms with Crippen molar-refractivity contribution in [3.8, 4) is 17.2 Å². The summed E-state index contributed by atoms with van der Waals surface area (Å²) in [4.78, 5) is 29.5. The number of methoxy groups -OCH3 is 2. The molecule has 2 amide bonds. The highest BCUT2D eigenvalue weighted by Crippen LogP contribution is 2.32. The molecular formula is C26H22FN3O5S. The van der Waals surface area contributed by atoms with Gasteiger partial charge in [0.15, 0.2) is 23.3 Å². The maximum Gasteiger partial charge on any atom is 0.264 e. The van der Waals surface area contributed by atoms with E-state index in [1.807, 2.05) is 0 Å². The molecule has 1 saturated heterocycles. The summed E-state index contributed by atoms with van der Waals surface area (Å²) in [6.07, 6.45) is 1.71. The number of carbonyl (C=O) groups excluding carboxylic acids is 2. The van der Waals surface area contributed by atoms with Crippen LogP contribution < -0.4 is 24.8 Å². The smallest absolute Gasteiger partial charge is 0.264 e. The molecule has 0 bridgehead atoms. The lowest BCUT2D eigenvalue weighted by Crippen LogP contribution is -2.20. The van der Waals surface area contributed by atoms with E-state index in [0.717, 1.165) is 5.75 Å². The molecule has 4 rings (SSSR count). The summed E-state index contributed by atoms with van der Waals surface area (Å²) < 4.78 is 29.1.